The van der Waals surface area contributed by atoms with Crippen LogP contribution in [0.2, 0.25) is 0 Å². The van der Waals surface area contributed by atoms with Gasteiger partial charge in [-0.1, -0.05) is 72.7 Å². The van der Waals surface area contributed by atoms with Gasteiger partial charge < -0.3 is 18.5 Å². The lowest BCUT2D eigenvalue weighted by Gasteiger charge is -2.37. The summed E-state index contributed by atoms with van der Waals surface area (Å²) in [5, 5.41) is 2.42. The maximum absolute atomic E-state index is 16.1. The first-order valence-electron chi connectivity index (χ1n) is 15.9. The minimum atomic E-state index is -1.77. The van der Waals surface area contributed by atoms with Crippen LogP contribution in [0.3, 0.4) is 0 Å². The molecule has 5 unspecified atom stereocenters. The van der Waals surface area contributed by atoms with Crippen LogP contribution in [0.15, 0.2) is 47.4 Å². The van der Waals surface area contributed by atoms with Gasteiger partial charge in [0, 0.05) is 30.2 Å². The molecule has 3 rings (SSSR count). The molecule has 1 aromatic carbocycles. The number of carbonyl (C=O) groups is 1. The summed E-state index contributed by atoms with van der Waals surface area (Å²) in [5.74, 6) is 0.953. The number of halogens is 1. The van der Waals surface area contributed by atoms with E-state index in [-0.39, 0.29) is 36.2 Å². The number of hydrogen-bond donors (Lipinski definition) is 1. The predicted octanol–water partition coefficient (Wildman–Crippen LogP) is 7.96. The van der Waals surface area contributed by atoms with Crippen molar-refractivity contribution in [2.45, 2.75) is 116 Å². The van der Waals surface area contributed by atoms with E-state index in [1.54, 1.807) is 0 Å². The van der Waals surface area contributed by atoms with Gasteiger partial charge in [0.25, 0.3) is 8.53 Å². The Bertz CT molecular complexity index is 1270. The van der Waals surface area contributed by atoms with Crippen LogP contribution in [0.4, 0.5) is 15.0 Å². The van der Waals surface area contributed by atoms with Crippen LogP contribution in [-0.2, 0) is 25.1 Å². The number of rotatable bonds is 16. The van der Waals surface area contributed by atoms with E-state index < -0.39 is 44.9 Å². The molecular formula is C31H48FN4O6PS2. The van der Waals surface area contributed by atoms with Crippen molar-refractivity contribution in [2.75, 3.05) is 17.7 Å². The highest BCUT2D eigenvalue weighted by atomic mass is 33.1. The molecule has 1 aliphatic rings. The molecule has 0 saturated carbocycles. The van der Waals surface area contributed by atoms with Crippen molar-refractivity contribution in [2.24, 2.45) is 0 Å². The zero-order valence-corrected chi connectivity index (χ0v) is 29.7. The van der Waals surface area contributed by atoms with Gasteiger partial charge in [0.05, 0.1) is 12.7 Å². The van der Waals surface area contributed by atoms with E-state index >= 15 is 4.39 Å². The van der Waals surface area contributed by atoms with Crippen LogP contribution < -0.4 is 11.0 Å². The number of benzene rings is 1. The fourth-order valence-electron chi connectivity index (χ4n) is 4.44. The number of aromatic nitrogens is 2. The second-order valence-electron chi connectivity index (χ2n) is 12.1. The molecule has 0 radical (unpaired) electrons. The van der Waals surface area contributed by atoms with Gasteiger partial charge in [-0.05, 0) is 59.1 Å². The molecule has 0 spiro atoms. The lowest BCUT2D eigenvalue weighted by atomic mass is 10.2. The zero-order valence-electron chi connectivity index (χ0n) is 28.2. The van der Waals surface area contributed by atoms with Crippen molar-refractivity contribution < 1.29 is 29.1 Å². The number of nitrogens with zero attached hydrogens (tertiary/aromatic N) is 3. The van der Waals surface area contributed by atoms with Crippen LogP contribution in [0.1, 0.15) is 81.4 Å². The molecule has 1 saturated heterocycles. The molecule has 1 amide bonds. The molecule has 45 heavy (non-hydrogen) atoms. The summed E-state index contributed by atoms with van der Waals surface area (Å²) in [6.07, 6.45) is -2.88. The van der Waals surface area contributed by atoms with Crippen molar-refractivity contribution in [1.82, 2.24) is 14.2 Å². The predicted molar refractivity (Wildman–Crippen MR) is 182 cm³/mol. The number of hydrogen-bond acceptors (Lipinski definition) is 10. The van der Waals surface area contributed by atoms with Gasteiger partial charge in [-0.25, -0.2) is 18.6 Å². The number of alkyl halides is 1. The molecule has 1 aliphatic heterocycles. The highest BCUT2D eigenvalue weighted by Crippen LogP contribution is 2.50. The Hall–Kier alpha value is -1.73. The molecule has 2 heterocycles. The fraction of sp³-hybridized carbons (Fsp3) is 0.645. The average molecular weight is 688 g/mol. The Morgan fingerprint density at radius 1 is 1.20 bits per heavy atom. The molecule has 0 bridgehead atoms. The SMILES string of the molecule is [2H]CC1OC(n2ccc(NC(=O)OCc3ccccc3)nc2=O)C(F)C1OP(OCCCCSSC(C)(C)C)N(C(C)C)C(C)C. The standard InChI is InChI=1S/C31H48FN4O6PS2/c1-21(2)36(22(3)4)43(40-18-12-13-19-44-45-31(6,7)8)42-27-23(5)41-28(26(27)32)35-17-16-25(33-29(35)37)34-30(38)39-20-24-14-10-9-11-15-24/h9-11,14-17,21-23,26-28H,12-13,18-20H2,1-8H3,(H,33,34,37,38)/i5D. The topological polar surface area (TPSA) is 104 Å². The van der Waals surface area contributed by atoms with Crippen LogP contribution in [0.25, 0.3) is 0 Å². The molecule has 2 aromatic rings. The van der Waals surface area contributed by atoms with Crippen molar-refractivity contribution >= 4 is 42.0 Å². The monoisotopic (exact) mass is 687 g/mol. The van der Waals surface area contributed by atoms with Crippen molar-refractivity contribution in [3.8, 4) is 0 Å². The van der Waals surface area contributed by atoms with Gasteiger partial charge in [0.2, 0.25) is 0 Å². The summed E-state index contributed by atoms with van der Waals surface area (Å²) < 4.78 is 51.1. The number of ether oxygens (including phenoxy) is 2. The highest BCUT2D eigenvalue weighted by Gasteiger charge is 2.48. The second-order valence-corrected chi connectivity index (χ2v) is 16.8. The van der Waals surface area contributed by atoms with Gasteiger partial charge in [-0.3, -0.25) is 9.88 Å². The Morgan fingerprint density at radius 2 is 1.91 bits per heavy atom. The average Bonchev–Trinajstić information content (AvgIpc) is 3.29. The quantitative estimate of drug-likeness (QED) is 0.106. The van der Waals surface area contributed by atoms with Gasteiger partial charge in [-0.15, -0.1) is 0 Å². The van der Waals surface area contributed by atoms with Crippen LogP contribution in [0.5, 0.6) is 0 Å². The number of carbonyl (C=O) groups excluding carboxylic acids is 1. The smallest absolute Gasteiger partial charge is 0.413 e. The normalized spacial score (nSPS) is 21.4. The first kappa shape index (κ1) is 36.1. The number of anilines is 1. The molecule has 14 heteroatoms. The third kappa shape index (κ3) is 12.1. The first-order chi connectivity index (χ1) is 21.8. The summed E-state index contributed by atoms with van der Waals surface area (Å²) in [5.41, 5.74) is -0.0251. The summed E-state index contributed by atoms with van der Waals surface area (Å²) >= 11 is 0. The minimum Gasteiger partial charge on any atom is -0.444 e. The Labute approximate surface area is 277 Å². The van der Waals surface area contributed by atoms with E-state index in [0.29, 0.717) is 6.61 Å². The van der Waals surface area contributed by atoms with Gasteiger partial charge in [0.1, 0.15) is 18.5 Å². The summed E-state index contributed by atoms with van der Waals surface area (Å²) in [6, 6.07) is 10.6. The highest BCUT2D eigenvalue weighted by molar-refractivity contribution is 8.77. The van der Waals surface area contributed by atoms with Gasteiger partial charge >= 0.3 is 11.8 Å². The fourth-order valence-corrected chi connectivity index (χ4v) is 8.66. The minimum absolute atomic E-state index is 0.0469. The van der Waals surface area contributed by atoms with E-state index in [0.717, 1.165) is 28.7 Å². The third-order valence-electron chi connectivity index (χ3n) is 6.41. The molecule has 5 atom stereocenters. The van der Waals surface area contributed by atoms with Crippen molar-refractivity contribution in [1.29, 1.82) is 0 Å². The van der Waals surface area contributed by atoms with Crippen LogP contribution >= 0.6 is 30.1 Å². The Kier molecular flexibility index (Phi) is 14.4. The summed E-state index contributed by atoms with van der Waals surface area (Å²) in [4.78, 5) is 29.0. The summed E-state index contributed by atoms with van der Waals surface area (Å²) in [6.45, 7) is 14.9. The van der Waals surface area contributed by atoms with Crippen molar-refractivity contribution in [3.63, 3.8) is 0 Å². The maximum Gasteiger partial charge on any atom is 0.413 e. The van der Waals surface area contributed by atoms with E-state index in [1.165, 1.54) is 12.3 Å². The molecule has 10 nitrogen and oxygen atoms in total. The summed E-state index contributed by atoms with van der Waals surface area (Å²) in [7, 11) is 2.01. The molecule has 0 aliphatic carbocycles. The molecule has 1 N–H and O–H groups in total. The lowest BCUT2D eigenvalue weighted by molar-refractivity contribution is -0.0179. The second kappa shape index (κ2) is 18.0. The maximum atomic E-state index is 16.1. The zero-order chi connectivity index (χ0) is 33.9. The third-order valence-corrected chi connectivity index (χ3v) is 12.0. The molecule has 1 aromatic heterocycles. The lowest BCUT2D eigenvalue weighted by Crippen LogP contribution is -2.38. The van der Waals surface area contributed by atoms with E-state index in [4.69, 9.17) is 19.9 Å². The number of amides is 1. The van der Waals surface area contributed by atoms with Crippen LogP contribution in [-0.4, -0.2) is 67.9 Å². The van der Waals surface area contributed by atoms with Gasteiger partial charge in [-0.2, -0.15) is 4.98 Å². The van der Waals surface area contributed by atoms with Crippen LogP contribution in [0, 0.1) is 0 Å². The number of nitrogens with one attached hydrogen (secondary N) is 1. The van der Waals surface area contributed by atoms with Gasteiger partial charge in [0.15, 0.2) is 12.4 Å². The van der Waals surface area contributed by atoms with Crippen molar-refractivity contribution in [3.05, 3.63) is 58.6 Å². The largest absolute Gasteiger partial charge is 0.444 e. The first-order valence-corrected chi connectivity index (χ1v) is 18.6. The molecular weight excluding hydrogens is 638 g/mol. The number of unbranched alkanes of at least 4 members (excludes halogenated alkanes) is 1. The Morgan fingerprint density at radius 3 is 2.53 bits per heavy atom. The molecule has 252 valence electrons. The van der Waals surface area contributed by atoms with E-state index in [1.807, 2.05) is 79.6 Å². The molecule has 1 fully saturated rings. The Balaban J connectivity index is 1.65. The van der Waals surface area contributed by atoms with E-state index in [9.17, 15) is 9.59 Å². The van der Waals surface area contributed by atoms with E-state index in [2.05, 4.69) is 35.7 Å².